The van der Waals surface area contributed by atoms with E-state index in [-0.39, 0.29) is 5.91 Å². The average molecular weight is 242 g/mol. The number of rotatable bonds is 7. The maximum atomic E-state index is 11.9. The minimum absolute atomic E-state index is 0.276. The molecule has 0 spiro atoms. The van der Waals surface area contributed by atoms with Crippen molar-refractivity contribution in [2.45, 2.75) is 47.0 Å². The van der Waals surface area contributed by atoms with Crippen molar-refractivity contribution in [3.63, 3.8) is 0 Å². The van der Waals surface area contributed by atoms with Gasteiger partial charge in [0.2, 0.25) is 5.91 Å². The predicted molar refractivity (Wildman–Crippen MR) is 74.0 cm³/mol. The molecule has 17 heavy (non-hydrogen) atoms. The molecule has 1 atom stereocenters. The van der Waals surface area contributed by atoms with Crippen molar-refractivity contribution in [2.24, 2.45) is 11.3 Å². The van der Waals surface area contributed by atoms with Gasteiger partial charge in [0.25, 0.3) is 0 Å². The highest BCUT2D eigenvalue weighted by Crippen LogP contribution is 2.26. The zero-order valence-corrected chi connectivity index (χ0v) is 12.5. The number of carbonyl (C=O) groups excluding carboxylic acids is 1. The summed E-state index contributed by atoms with van der Waals surface area (Å²) in [6.45, 7) is 10.7. The highest BCUT2D eigenvalue weighted by molar-refractivity contribution is 5.76. The van der Waals surface area contributed by atoms with E-state index in [9.17, 15) is 4.79 Å². The van der Waals surface area contributed by atoms with Crippen molar-refractivity contribution in [1.29, 1.82) is 0 Å². The Morgan fingerprint density at radius 3 is 2.41 bits per heavy atom. The van der Waals surface area contributed by atoms with Crippen LogP contribution in [0.5, 0.6) is 0 Å². The van der Waals surface area contributed by atoms with Crippen LogP contribution in [-0.4, -0.2) is 38.0 Å². The lowest BCUT2D eigenvalue weighted by atomic mass is 9.84. The van der Waals surface area contributed by atoms with Gasteiger partial charge in [-0.15, -0.1) is 0 Å². The van der Waals surface area contributed by atoms with Crippen molar-refractivity contribution >= 4 is 5.91 Å². The molecule has 0 aromatic heterocycles. The molecule has 3 nitrogen and oxygen atoms in total. The highest BCUT2D eigenvalue weighted by Gasteiger charge is 2.19. The van der Waals surface area contributed by atoms with Crippen molar-refractivity contribution < 1.29 is 4.79 Å². The van der Waals surface area contributed by atoms with Crippen molar-refractivity contribution in [1.82, 2.24) is 10.2 Å². The number of hydrogen-bond donors (Lipinski definition) is 1. The molecule has 102 valence electrons. The number of amides is 1. The molecule has 0 aromatic carbocycles. The molecular formula is C14H30N2O. The molecule has 0 heterocycles. The van der Waals surface area contributed by atoms with Crippen molar-refractivity contribution in [3.05, 3.63) is 0 Å². The standard InChI is InChI=1S/C14H30N2O/c1-12(11-14(2,3)4)10-13(17)16(6)9-7-8-15-5/h12,15H,7-11H2,1-6H3. The maximum absolute atomic E-state index is 11.9. The molecule has 0 aromatic rings. The number of nitrogens with zero attached hydrogens (tertiary/aromatic N) is 1. The first-order valence-corrected chi connectivity index (χ1v) is 6.65. The third-order valence-electron chi connectivity index (χ3n) is 2.83. The van der Waals surface area contributed by atoms with Gasteiger partial charge in [-0.25, -0.2) is 0 Å². The Balaban J connectivity index is 3.90. The third kappa shape index (κ3) is 9.16. The third-order valence-corrected chi connectivity index (χ3v) is 2.83. The van der Waals surface area contributed by atoms with Gasteiger partial charge in [0.1, 0.15) is 0 Å². The molecule has 1 unspecified atom stereocenters. The van der Waals surface area contributed by atoms with Crippen molar-refractivity contribution in [2.75, 3.05) is 27.2 Å². The lowest BCUT2D eigenvalue weighted by molar-refractivity contribution is -0.131. The van der Waals surface area contributed by atoms with Crippen molar-refractivity contribution in [3.8, 4) is 0 Å². The van der Waals surface area contributed by atoms with Gasteiger partial charge in [0.05, 0.1) is 0 Å². The Hall–Kier alpha value is -0.570. The Bertz CT molecular complexity index is 221. The molecule has 0 aliphatic carbocycles. The first-order valence-electron chi connectivity index (χ1n) is 6.65. The molecular weight excluding hydrogens is 212 g/mol. The van der Waals surface area contributed by atoms with Crippen LogP contribution in [0.3, 0.4) is 0 Å². The topological polar surface area (TPSA) is 32.3 Å². The minimum Gasteiger partial charge on any atom is -0.346 e. The molecule has 0 aliphatic heterocycles. The lowest BCUT2D eigenvalue weighted by Crippen LogP contribution is -2.31. The van der Waals surface area contributed by atoms with Gasteiger partial charge in [-0.2, -0.15) is 0 Å². The summed E-state index contributed by atoms with van der Waals surface area (Å²) in [5.74, 6) is 0.743. The summed E-state index contributed by atoms with van der Waals surface area (Å²) in [6.07, 6.45) is 2.79. The zero-order valence-electron chi connectivity index (χ0n) is 12.5. The van der Waals surface area contributed by atoms with E-state index in [0.29, 0.717) is 17.8 Å². The fraction of sp³-hybridized carbons (Fsp3) is 0.929. The summed E-state index contributed by atoms with van der Waals surface area (Å²) in [5, 5.41) is 3.10. The largest absolute Gasteiger partial charge is 0.346 e. The number of hydrogen-bond acceptors (Lipinski definition) is 2. The van der Waals surface area contributed by atoms with Gasteiger partial charge in [-0.3, -0.25) is 4.79 Å². The van der Waals surface area contributed by atoms with Gasteiger partial charge >= 0.3 is 0 Å². The summed E-state index contributed by atoms with van der Waals surface area (Å²) in [4.78, 5) is 13.8. The van der Waals surface area contributed by atoms with Gasteiger partial charge < -0.3 is 10.2 Å². The van der Waals surface area contributed by atoms with Crippen LogP contribution in [0.4, 0.5) is 0 Å². The van der Waals surface area contributed by atoms with E-state index in [0.717, 1.165) is 25.9 Å². The second-order valence-corrected chi connectivity index (χ2v) is 6.35. The summed E-state index contributed by atoms with van der Waals surface area (Å²) in [5.41, 5.74) is 0.310. The van der Waals surface area contributed by atoms with Crippen LogP contribution in [0, 0.1) is 11.3 Å². The second-order valence-electron chi connectivity index (χ2n) is 6.35. The Morgan fingerprint density at radius 2 is 1.94 bits per heavy atom. The monoisotopic (exact) mass is 242 g/mol. The molecule has 0 aliphatic rings. The fourth-order valence-electron chi connectivity index (χ4n) is 2.19. The van der Waals surface area contributed by atoms with E-state index in [2.05, 4.69) is 33.0 Å². The van der Waals surface area contributed by atoms with Crippen LogP contribution >= 0.6 is 0 Å². The smallest absolute Gasteiger partial charge is 0.222 e. The molecule has 0 rings (SSSR count). The average Bonchev–Trinajstić information content (AvgIpc) is 2.14. The van der Waals surface area contributed by atoms with Crippen LogP contribution in [0.1, 0.15) is 47.0 Å². The van der Waals surface area contributed by atoms with Crippen LogP contribution in [0.15, 0.2) is 0 Å². The Labute approximate surface area is 107 Å². The first-order chi connectivity index (χ1) is 7.76. The van der Waals surface area contributed by atoms with Crippen LogP contribution < -0.4 is 5.32 Å². The highest BCUT2D eigenvalue weighted by atomic mass is 16.2. The molecule has 1 N–H and O–H groups in total. The second kappa shape index (κ2) is 7.70. The Morgan fingerprint density at radius 1 is 1.35 bits per heavy atom. The van der Waals surface area contributed by atoms with Crippen LogP contribution in [-0.2, 0) is 4.79 Å². The van der Waals surface area contributed by atoms with E-state index < -0.39 is 0 Å². The van der Waals surface area contributed by atoms with Gasteiger partial charge in [-0.05, 0) is 37.8 Å². The van der Waals surface area contributed by atoms with Crippen LogP contribution in [0.25, 0.3) is 0 Å². The van der Waals surface area contributed by atoms with E-state index >= 15 is 0 Å². The molecule has 0 radical (unpaired) electrons. The van der Waals surface area contributed by atoms with Gasteiger partial charge in [0, 0.05) is 20.0 Å². The number of nitrogens with one attached hydrogen (secondary N) is 1. The quantitative estimate of drug-likeness (QED) is 0.696. The minimum atomic E-state index is 0.276. The number of carbonyl (C=O) groups is 1. The van der Waals surface area contributed by atoms with Crippen LogP contribution in [0.2, 0.25) is 0 Å². The molecule has 0 fully saturated rings. The van der Waals surface area contributed by atoms with E-state index in [1.165, 1.54) is 0 Å². The predicted octanol–water partition coefficient (Wildman–Crippen LogP) is 2.52. The summed E-state index contributed by atoms with van der Waals surface area (Å²) in [6, 6.07) is 0. The first kappa shape index (κ1) is 16.4. The van der Waals surface area contributed by atoms with Gasteiger partial charge in [0.15, 0.2) is 0 Å². The maximum Gasteiger partial charge on any atom is 0.222 e. The summed E-state index contributed by atoms with van der Waals surface area (Å²) >= 11 is 0. The molecule has 0 saturated carbocycles. The lowest BCUT2D eigenvalue weighted by Gasteiger charge is -2.25. The summed E-state index contributed by atoms with van der Waals surface area (Å²) in [7, 11) is 3.84. The molecule has 0 bridgehead atoms. The SMILES string of the molecule is CNCCCN(C)C(=O)CC(C)CC(C)(C)C. The molecule has 0 saturated heterocycles. The Kier molecular flexibility index (Phi) is 7.44. The normalized spacial score (nSPS) is 13.5. The molecule has 3 heteroatoms. The summed E-state index contributed by atoms with van der Waals surface area (Å²) < 4.78 is 0. The van der Waals surface area contributed by atoms with E-state index in [1.54, 1.807) is 0 Å². The van der Waals surface area contributed by atoms with E-state index in [1.807, 2.05) is 19.0 Å². The zero-order chi connectivity index (χ0) is 13.5. The van der Waals surface area contributed by atoms with Gasteiger partial charge in [-0.1, -0.05) is 27.7 Å². The fourth-order valence-corrected chi connectivity index (χ4v) is 2.19. The molecule has 1 amide bonds. The van der Waals surface area contributed by atoms with E-state index in [4.69, 9.17) is 0 Å².